The van der Waals surface area contributed by atoms with Gasteiger partial charge in [0.1, 0.15) is 18.5 Å². The highest BCUT2D eigenvalue weighted by Crippen LogP contribution is 2.31. The number of nitrogens with zero attached hydrogens (tertiary/aromatic N) is 1. The quantitative estimate of drug-likeness (QED) is 0.917. The SMILES string of the molecule is COc1cccc(CN)c1OCc1cccc(C#N)c1F. The number of para-hydroxylation sites is 1. The highest BCUT2D eigenvalue weighted by Gasteiger charge is 2.12. The lowest BCUT2D eigenvalue weighted by Crippen LogP contribution is -2.06. The Bertz CT molecular complexity index is 658. The summed E-state index contributed by atoms with van der Waals surface area (Å²) in [6.45, 7) is 0.280. The summed E-state index contributed by atoms with van der Waals surface area (Å²) in [6, 6.07) is 11.8. The van der Waals surface area contributed by atoms with Crippen LogP contribution in [0.1, 0.15) is 16.7 Å². The zero-order chi connectivity index (χ0) is 15.2. The van der Waals surface area contributed by atoms with Crippen LogP contribution >= 0.6 is 0 Å². The maximum Gasteiger partial charge on any atom is 0.166 e. The molecule has 108 valence electrons. The van der Waals surface area contributed by atoms with Gasteiger partial charge in [0.05, 0.1) is 12.7 Å². The molecule has 0 radical (unpaired) electrons. The number of ether oxygens (including phenoxy) is 2. The molecule has 2 N–H and O–H groups in total. The summed E-state index contributed by atoms with van der Waals surface area (Å²) in [4.78, 5) is 0. The molecule has 0 spiro atoms. The summed E-state index contributed by atoms with van der Waals surface area (Å²) in [5.74, 6) is 0.461. The molecular formula is C16H15FN2O2. The zero-order valence-corrected chi connectivity index (χ0v) is 11.6. The van der Waals surface area contributed by atoms with E-state index in [2.05, 4.69) is 0 Å². The minimum atomic E-state index is -0.566. The van der Waals surface area contributed by atoms with Gasteiger partial charge in [-0.15, -0.1) is 0 Å². The second-order valence-electron chi connectivity index (χ2n) is 4.33. The number of nitriles is 1. The van der Waals surface area contributed by atoms with Crippen LogP contribution in [0.4, 0.5) is 4.39 Å². The largest absolute Gasteiger partial charge is 0.493 e. The third-order valence-electron chi connectivity index (χ3n) is 3.07. The van der Waals surface area contributed by atoms with E-state index in [1.807, 2.05) is 12.1 Å². The number of halogens is 1. The second-order valence-corrected chi connectivity index (χ2v) is 4.33. The molecule has 0 aliphatic carbocycles. The molecule has 0 saturated carbocycles. The van der Waals surface area contributed by atoms with Gasteiger partial charge >= 0.3 is 0 Å². The van der Waals surface area contributed by atoms with E-state index < -0.39 is 5.82 Å². The molecule has 5 heteroatoms. The fourth-order valence-electron chi connectivity index (χ4n) is 1.97. The maximum atomic E-state index is 14.0. The Morgan fingerprint density at radius 3 is 2.57 bits per heavy atom. The summed E-state index contributed by atoms with van der Waals surface area (Å²) in [7, 11) is 1.53. The van der Waals surface area contributed by atoms with Crippen molar-refractivity contribution in [1.82, 2.24) is 0 Å². The zero-order valence-electron chi connectivity index (χ0n) is 11.6. The number of methoxy groups -OCH3 is 1. The fraction of sp³-hybridized carbons (Fsp3) is 0.188. The van der Waals surface area contributed by atoms with Crippen LogP contribution in [0.3, 0.4) is 0 Å². The Morgan fingerprint density at radius 1 is 1.19 bits per heavy atom. The highest BCUT2D eigenvalue weighted by molar-refractivity contribution is 5.46. The third kappa shape index (κ3) is 3.12. The predicted octanol–water partition coefficient (Wildman–Crippen LogP) is 2.74. The monoisotopic (exact) mass is 286 g/mol. The first-order valence-electron chi connectivity index (χ1n) is 6.37. The molecule has 0 aliphatic heterocycles. The molecule has 0 bridgehead atoms. The van der Waals surface area contributed by atoms with E-state index in [1.54, 1.807) is 24.3 Å². The van der Waals surface area contributed by atoms with E-state index in [-0.39, 0.29) is 18.7 Å². The van der Waals surface area contributed by atoms with E-state index in [0.717, 1.165) is 5.56 Å². The summed E-state index contributed by atoms with van der Waals surface area (Å²) < 4.78 is 24.9. The van der Waals surface area contributed by atoms with Crippen LogP contribution < -0.4 is 15.2 Å². The van der Waals surface area contributed by atoms with Crippen LogP contribution in [-0.2, 0) is 13.2 Å². The minimum absolute atomic E-state index is 0.00447. The van der Waals surface area contributed by atoms with Crippen molar-refractivity contribution in [2.75, 3.05) is 7.11 Å². The summed E-state index contributed by atoms with van der Waals surface area (Å²) >= 11 is 0. The Balaban J connectivity index is 2.27. The van der Waals surface area contributed by atoms with Gasteiger partial charge in [0, 0.05) is 17.7 Å². The van der Waals surface area contributed by atoms with Crippen molar-refractivity contribution in [3.05, 3.63) is 58.9 Å². The molecule has 0 amide bonds. The Kier molecular flexibility index (Phi) is 4.75. The minimum Gasteiger partial charge on any atom is -0.493 e. The number of nitrogens with two attached hydrogens (primary N) is 1. The van der Waals surface area contributed by atoms with Crippen LogP contribution in [0.5, 0.6) is 11.5 Å². The van der Waals surface area contributed by atoms with Crippen molar-refractivity contribution in [3.63, 3.8) is 0 Å². The lowest BCUT2D eigenvalue weighted by molar-refractivity contribution is 0.276. The van der Waals surface area contributed by atoms with Crippen molar-refractivity contribution >= 4 is 0 Å². The van der Waals surface area contributed by atoms with Gasteiger partial charge in [-0.2, -0.15) is 5.26 Å². The Morgan fingerprint density at radius 2 is 1.90 bits per heavy atom. The molecule has 2 aromatic carbocycles. The molecule has 0 atom stereocenters. The lowest BCUT2D eigenvalue weighted by atomic mass is 10.1. The van der Waals surface area contributed by atoms with E-state index in [0.29, 0.717) is 17.1 Å². The van der Waals surface area contributed by atoms with Crippen molar-refractivity contribution < 1.29 is 13.9 Å². The average Bonchev–Trinajstić information content (AvgIpc) is 2.53. The molecular weight excluding hydrogens is 271 g/mol. The average molecular weight is 286 g/mol. The van der Waals surface area contributed by atoms with E-state index in [1.165, 1.54) is 13.2 Å². The van der Waals surface area contributed by atoms with Crippen LogP contribution in [0.25, 0.3) is 0 Å². The predicted molar refractivity (Wildman–Crippen MR) is 76.3 cm³/mol. The number of hydrogen-bond acceptors (Lipinski definition) is 4. The summed E-state index contributed by atoms with van der Waals surface area (Å²) in [5, 5.41) is 8.83. The van der Waals surface area contributed by atoms with Crippen molar-refractivity contribution in [1.29, 1.82) is 5.26 Å². The first-order chi connectivity index (χ1) is 10.2. The number of benzene rings is 2. The molecule has 2 rings (SSSR count). The van der Waals surface area contributed by atoms with Gasteiger partial charge in [0.25, 0.3) is 0 Å². The maximum absolute atomic E-state index is 14.0. The van der Waals surface area contributed by atoms with Crippen LogP contribution in [0.15, 0.2) is 36.4 Å². The first kappa shape index (κ1) is 14.8. The molecule has 0 aromatic heterocycles. The first-order valence-corrected chi connectivity index (χ1v) is 6.37. The van der Waals surface area contributed by atoms with Crippen LogP contribution in [-0.4, -0.2) is 7.11 Å². The smallest absolute Gasteiger partial charge is 0.166 e. The van der Waals surface area contributed by atoms with E-state index >= 15 is 0 Å². The molecule has 0 saturated heterocycles. The molecule has 4 nitrogen and oxygen atoms in total. The standard InChI is InChI=1S/C16H15FN2O2/c1-20-14-7-3-5-12(9-19)16(14)21-10-13-6-2-4-11(8-18)15(13)17/h2-7H,9-10,19H2,1H3. The van der Waals surface area contributed by atoms with Gasteiger partial charge in [-0.3, -0.25) is 0 Å². The van der Waals surface area contributed by atoms with Crippen molar-refractivity contribution in [2.24, 2.45) is 5.73 Å². The van der Waals surface area contributed by atoms with Crippen LogP contribution in [0.2, 0.25) is 0 Å². The summed E-state index contributed by atoms with van der Waals surface area (Å²) in [6.07, 6.45) is 0. The Labute approximate surface area is 122 Å². The topological polar surface area (TPSA) is 68.3 Å². The molecule has 21 heavy (non-hydrogen) atoms. The van der Waals surface area contributed by atoms with Gasteiger partial charge in [-0.25, -0.2) is 4.39 Å². The van der Waals surface area contributed by atoms with Gasteiger partial charge < -0.3 is 15.2 Å². The van der Waals surface area contributed by atoms with Gasteiger partial charge in [-0.05, 0) is 12.1 Å². The third-order valence-corrected chi connectivity index (χ3v) is 3.07. The van der Waals surface area contributed by atoms with E-state index in [9.17, 15) is 4.39 Å². The second kappa shape index (κ2) is 6.73. The van der Waals surface area contributed by atoms with Gasteiger partial charge in [0.2, 0.25) is 0 Å². The van der Waals surface area contributed by atoms with Crippen molar-refractivity contribution in [2.45, 2.75) is 13.2 Å². The number of hydrogen-bond donors (Lipinski definition) is 1. The molecule has 0 heterocycles. The van der Waals surface area contributed by atoms with Gasteiger partial charge in [0.15, 0.2) is 11.5 Å². The van der Waals surface area contributed by atoms with E-state index in [4.69, 9.17) is 20.5 Å². The molecule has 0 fully saturated rings. The molecule has 0 unspecified atom stereocenters. The number of rotatable bonds is 5. The Hall–Kier alpha value is -2.58. The fourth-order valence-corrected chi connectivity index (χ4v) is 1.97. The normalized spacial score (nSPS) is 10.0. The van der Waals surface area contributed by atoms with Gasteiger partial charge in [-0.1, -0.05) is 24.3 Å². The summed E-state index contributed by atoms with van der Waals surface area (Å²) in [5.41, 5.74) is 6.74. The molecule has 0 aliphatic rings. The van der Waals surface area contributed by atoms with Crippen LogP contribution in [0, 0.1) is 17.1 Å². The highest BCUT2D eigenvalue weighted by atomic mass is 19.1. The molecule has 2 aromatic rings. The lowest BCUT2D eigenvalue weighted by Gasteiger charge is -2.14. The van der Waals surface area contributed by atoms with Crippen molar-refractivity contribution in [3.8, 4) is 17.6 Å².